The minimum atomic E-state index is -0.643. The molecule has 0 unspecified atom stereocenters. The van der Waals surface area contributed by atoms with Crippen LogP contribution in [-0.2, 0) is 16.1 Å². The van der Waals surface area contributed by atoms with E-state index in [1.54, 1.807) is 36.0 Å². The first-order valence-electron chi connectivity index (χ1n) is 10.7. The topological polar surface area (TPSA) is 70.7 Å². The van der Waals surface area contributed by atoms with Gasteiger partial charge in [0, 0.05) is 23.7 Å². The Balaban J connectivity index is 1.38. The van der Waals surface area contributed by atoms with Crippen molar-refractivity contribution in [2.24, 2.45) is 5.92 Å². The first kappa shape index (κ1) is 23.2. The lowest BCUT2D eigenvalue weighted by molar-refractivity contribution is -0.136. The highest BCUT2D eigenvalue weighted by Gasteiger charge is 2.22. The molecule has 166 valence electrons. The molecular formula is C24H31N3O3S. The van der Waals surface area contributed by atoms with Crippen LogP contribution in [0.15, 0.2) is 53.4 Å². The van der Waals surface area contributed by atoms with Gasteiger partial charge in [-0.1, -0.05) is 18.2 Å². The van der Waals surface area contributed by atoms with Crippen molar-refractivity contribution >= 4 is 29.3 Å². The van der Waals surface area contributed by atoms with Crippen molar-refractivity contribution < 1.29 is 14.3 Å². The lowest BCUT2D eigenvalue weighted by Gasteiger charge is -2.32. The van der Waals surface area contributed by atoms with E-state index in [2.05, 4.69) is 46.1 Å². The van der Waals surface area contributed by atoms with Gasteiger partial charge in [-0.3, -0.25) is 14.5 Å². The van der Waals surface area contributed by atoms with Crippen LogP contribution < -0.4 is 15.4 Å². The Morgan fingerprint density at radius 3 is 2.45 bits per heavy atom. The molecule has 7 heteroatoms. The van der Waals surface area contributed by atoms with Crippen LogP contribution in [-0.4, -0.2) is 49.2 Å². The molecule has 2 N–H and O–H groups in total. The quantitative estimate of drug-likeness (QED) is 0.482. The summed E-state index contributed by atoms with van der Waals surface area (Å²) in [4.78, 5) is 28.1. The molecule has 2 amide bonds. The highest BCUT2D eigenvalue weighted by molar-refractivity contribution is 7.98. The van der Waals surface area contributed by atoms with Crippen molar-refractivity contribution in [2.75, 3.05) is 37.8 Å². The molecule has 1 aliphatic rings. The molecule has 1 heterocycles. The van der Waals surface area contributed by atoms with Crippen LogP contribution in [0.2, 0.25) is 0 Å². The number of ether oxygens (including phenoxy) is 1. The smallest absolute Gasteiger partial charge is 0.313 e. The van der Waals surface area contributed by atoms with E-state index in [-0.39, 0.29) is 0 Å². The Morgan fingerprint density at radius 2 is 1.77 bits per heavy atom. The van der Waals surface area contributed by atoms with Crippen molar-refractivity contribution in [2.45, 2.75) is 31.2 Å². The third-order valence-electron chi connectivity index (χ3n) is 5.47. The molecule has 0 saturated carbocycles. The number of rotatable bonds is 8. The second-order valence-corrected chi connectivity index (χ2v) is 8.50. The number of benzene rings is 2. The number of amides is 2. The predicted octanol–water partition coefficient (Wildman–Crippen LogP) is 3.77. The van der Waals surface area contributed by atoms with Crippen LogP contribution >= 0.6 is 11.8 Å². The van der Waals surface area contributed by atoms with Crippen LogP contribution in [0.3, 0.4) is 0 Å². The summed E-state index contributed by atoms with van der Waals surface area (Å²) in [7, 11) is 0. The molecule has 31 heavy (non-hydrogen) atoms. The van der Waals surface area contributed by atoms with Gasteiger partial charge >= 0.3 is 11.8 Å². The van der Waals surface area contributed by atoms with E-state index in [0.29, 0.717) is 24.8 Å². The van der Waals surface area contributed by atoms with Crippen LogP contribution in [0.4, 0.5) is 5.69 Å². The average molecular weight is 442 g/mol. The van der Waals surface area contributed by atoms with Gasteiger partial charge < -0.3 is 15.4 Å². The SMILES string of the molecule is CCOc1ccc(NC(=O)C(=O)NCC2CCN(Cc3ccccc3SC)CC2)cc1. The van der Waals surface area contributed by atoms with Crippen molar-refractivity contribution in [3.05, 3.63) is 54.1 Å². The fourth-order valence-corrected chi connectivity index (χ4v) is 4.34. The number of likely N-dealkylation sites (tertiary alicyclic amines) is 1. The number of carbonyl (C=O) groups is 2. The number of hydrogen-bond acceptors (Lipinski definition) is 5. The number of nitrogens with one attached hydrogen (secondary N) is 2. The molecule has 1 aliphatic heterocycles. The van der Waals surface area contributed by atoms with Crippen molar-refractivity contribution in [1.82, 2.24) is 10.2 Å². The maximum Gasteiger partial charge on any atom is 0.313 e. The predicted molar refractivity (Wildman–Crippen MR) is 125 cm³/mol. The molecular weight excluding hydrogens is 410 g/mol. The van der Waals surface area contributed by atoms with Crippen molar-refractivity contribution in [1.29, 1.82) is 0 Å². The number of thioether (sulfide) groups is 1. The maximum absolute atomic E-state index is 12.2. The molecule has 1 saturated heterocycles. The summed E-state index contributed by atoms with van der Waals surface area (Å²) >= 11 is 1.78. The van der Waals surface area contributed by atoms with Gasteiger partial charge in [0.2, 0.25) is 0 Å². The summed E-state index contributed by atoms with van der Waals surface area (Å²) in [5, 5.41) is 5.42. The van der Waals surface area contributed by atoms with Crippen LogP contribution in [0.25, 0.3) is 0 Å². The zero-order valence-corrected chi connectivity index (χ0v) is 19.0. The third-order valence-corrected chi connectivity index (χ3v) is 6.31. The Kier molecular flexibility index (Phi) is 8.79. The minimum absolute atomic E-state index is 0.397. The van der Waals surface area contributed by atoms with Gasteiger partial charge in [0.15, 0.2) is 0 Å². The Hall–Kier alpha value is -2.51. The zero-order valence-electron chi connectivity index (χ0n) is 18.2. The summed E-state index contributed by atoms with van der Waals surface area (Å²) in [6.07, 6.45) is 4.14. The second-order valence-electron chi connectivity index (χ2n) is 7.65. The van der Waals surface area contributed by atoms with Crippen LogP contribution in [0.5, 0.6) is 5.75 Å². The first-order valence-corrected chi connectivity index (χ1v) is 12.0. The molecule has 3 rings (SSSR count). The summed E-state index contributed by atoms with van der Waals surface area (Å²) < 4.78 is 5.37. The lowest BCUT2D eigenvalue weighted by atomic mass is 9.96. The Morgan fingerprint density at radius 1 is 1.06 bits per heavy atom. The Bertz CT molecular complexity index is 865. The molecule has 0 bridgehead atoms. The summed E-state index contributed by atoms with van der Waals surface area (Å²) in [6, 6.07) is 15.5. The number of piperidine rings is 1. The lowest BCUT2D eigenvalue weighted by Crippen LogP contribution is -2.41. The van der Waals surface area contributed by atoms with E-state index < -0.39 is 11.8 Å². The highest BCUT2D eigenvalue weighted by Crippen LogP contribution is 2.24. The maximum atomic E-state index is 12.2. The fourth-order valence-electron chi connectivity index (χ4n) is 3.73. The standard InChI is InChI=1S/C24H31N3O3S/c1-3-30-21-10-8-20(9-11-21)26-24(29)23(28)25-16-18-12-14-27(15-13-18)17-19-6-4-5-7-22(19)31-2/h4-11,18H,3,12-17H2,1-2H3,(H,25,28)(H,26,29). The second kappa shape index (κ2) is 11.8. The molecule has 0 spiro atoms. The fraction of sp³-hybridized carbons (Fsp3) is 0.417. The van der Waals surface area contributed by atoms with Gasteiger partial charge in [-0.25, -0.2) is 0 Å². The largest absolute Gasteiger partial charge is 0.494 e. The van der Waals surface area contributed by atoms with Gasteiger partial charge in [-0.05, 0) is 80.9 Å². The van der Waals surface area contributed by atoms with E-state index in [4.69, 9.17) is 4.74 Å². The molecule has 0 aromatic heterocycles. The molecule has 6 nitrogen and oxygen atoms in total. The van der Waals surface area contributed by atoms with E-state index in [9.17, 15) is 9.59 Å². The normalized spacial score (nSPS) is 14.8. The first-order chi connectivity index (χ1) is 15.1. The van der Waals surface area contributed by atoms with E-state index in [0.717, 1.165) is 38.2 Å². The third kappa shape index (κ3) is 7.01. The zero-order chi connectivity index (χ0) is 22.1. The number of hydrogen-bond donors (Lipinski definition) is 2. The molecule has 1 fully saturated rings. The highest BCUT2D eigenvalue weighted by atomic mass is 32.2. The van der Waals surface area contributed by atoms with Crippen LogP contribution in [0.1, 0.15) is 25.3 Å². The van der Waals surface area contributed by atoms with E-state index >= 15 is 0 Å². The van der Waals surface area contributed by atoms with Gasteiger partial charge in [0.25, 0.3) is 0 Å². The number of carbonyl (C=O) groups excluding carboxylic acids is 2. The minimum Gasteiger partial charge on any atom is -0.494 e. The van der Waals surface area contributed by atoms with Crippen LogP contribution in [0, 0.1) is 5.92 Å². The molecule has 0 atom stereocenters. The number of anilines is 1. The van der Waals surface area contributed by atoms with Gasteiger partial charge in [0.05, 0.1) is 6.61 Å². The summed E-state index contributed by atoms with van der Waals surface area (Å²) in [6.45, 7) is 5.99. The summed E-state index contributed by atoms with van der Waals surface area (Å²) in [5.41, 5.74) is 1.94. The monoisotopic (exact) mass is 441 g/mol. The number of nitrogens with zero attached hydrogens (tertiary/aromatic N) is 1. The van der Waals surface area contributed by atoms with Crippen molar-refractivity contribution in [3.63, 3.8) is 0 Å². The summed E-state index contributed by atoms with van der Waals surface area (Å²) in [5.74, 6) is -0.108. The van der Waals surface area contributed by atoms with Gasteiger partial charge in [-0.2, -0.15) is 0 Å². The van der Waals surface area contributed by atoms with Crippen molar-refractivity contribution in [3.8, 4) is 5.75 Å². The van der Waals surface area contributed by atoms with Gasteiger partial charge in [0.1, 0.15) is 5.75 Å². The Labute approximate surface area is 188 Å². The van der Waals surface area contributed by atoms with E-state index in [1.807, 2.05) is 6.92 Å². The molecule has 0 radical (unpaired) electrons. The molecule has 2 aromatic rings. The molecule has 2 aromatic carbocycles. The van der Waals surface area contributed by atoms with Gasteiger partial charge in [-0.15, -0.1) is 11.8 Å². The molecule has 0 aliphatic carbocycles. The average Bonchev–Trinajstić information content (AvgIpc) is 2.80. The van der Waals surface area contributed by atoms with E-state index in [1.165, 1.54) is 10.5 Å².